The van der Waals surface area contributed by atoms with Crippen molar-refractivity contribution in [1.29, 1.82) is 0 Å². The van der Waals surface area contributed by atoms with Gasteiger partial charge in [-0.25, -0.2) is 0 Å². The minimum absolute atomic E-state index is 0. The number of hydrogen-bond donors (Lipinski definition) is 3. The smallest absolute Gasteiger partial charge is 0.344 e. The number of hydrogen-bond acceptors (Lipinski definition) is 3. The molecule has 0 aromatic carbocycles. The van der Waals surface area contributed by atoms with Crippen LogP contribution in [0.3, 0.4) is 0 Å². The van der Waals surface area contributed by atoms with E-state index in [0.29, 0.717) is 0 Å². The van der Waals surface area contributed by atoms with Crippen LogP contribution in [0.1, 0.15) is 136 Å². The minimum Gasteiger partial charge on any atom is -0.344 e. The molecule has 5 N–H and O–H groups in total. The molecule has 0 radical (unpaired) electrons. The van der Waals surface area contributed by atoms with Crippen molar-refractivity contribution >= 4 is 17.7 Å². The Kier molecular flexibility index (Phi) is 29.8. The molecule has 0 unspecified atom stereocenters. The van der Waals surface area contributed by atoms with Crippen LogP contribution in [0, 0.1) is 0 Å². The molecule has 0 bridgehead atoms. The van der Waals surface area contributed by atoms with E-state index in [0.717, 1.165) is 0 Å². The molecule has 0 heterocycles. The molecular formula is C25H60NO4PS. The van der Waals surface area contributed by atoms with E-state index in [1.807, 2.05) is 0 Å². The zero-order valence-corrected chi connectivity index (χ0v) is 24.0. The van der Waals surface area contributed by atoms with Gasteiger partial charge in [-0.15, -0.1) is 0 Å². The van der Waals surface area contributed by atoms with E-state index < -0.39 is 17.7 Å². The van der Waals surface area contributed by atoms with Crippen LogP contribution in [-0.2, 0) is 10.4 Å². The first-order chi connectivity index (χ1) is 14.7. The summed E-state index contributed by atoms with van der Waals surface area (Å²) in [6.07, 6.45) is 31.4. The predicted molar refractivity (Wildman–Crippen MR) is 148 cm³/mol. The summed E-state index contributed by atoms with van der Waals surface area (Å²) in [7, 11) is -5.62. The van der Waals surface area contributed by atoms with E-state index in [1.165, 1.54) is 116 Å². The van der Waals surface area contributed by atoms with Crippen molar-refractivity contribution in [3.63, 3.8) is 0 Å². The third kappa shape index (κ3) is 34.9. The summed E-state index contributed by atoms with van der Waals surface area (Å²) in [5.41, 5.74) is 0. The molecule has 0 fully saturated rings. The monoisotopic (exact) mass is 501 g/mol. The third-order valence-electron chi connectivity index (χ3n) is 6.40. The van der Waals surface area contributed by atoms with Crippen molar-refractivity contribution in [2.45, 2.75) is 136 Å². The van der Waals surface area contributed by atoms with Gasteiger partial charge in [-0.05, 0) is 0 Å². The molecule has 0 aromatic rings. The average Bonchev–Trinajstić information content (AvgIpc) is 2.69. The summed E-state index contributed by atoms with van der Waals surface area (Å²) in [5, 5.41) is 0. The first-order valence-corrected chi connectivity index (χ1v) is 17.9. The van der Waals surface area contributed by atoms with Crippen molar-refractivity contribution in [3.8, 4) is 0 Å². The Morgan fingerprint density at radius 1 is 0.500 bits per heavy atom. The van der Waals surface area contributed by atoms with Gasteiger partial charge in [-0.1, -0.05) is 0 Å². The molecule has 0 saturated carbocycles. The molecule has 0 spiro atoms. The second-order valence-electron chi connectivity index (χ2n) is 9.81. The van der Waals surface area contributed by atoms with Crippen LogP contribution >= 0.6 is 7.26 Å². The summed E-state index contributed by atoms with van der Waals surface area (Å²) in [4.78, 5) is 0. The zero-order valence-electron chi connectivity index (χ0n) is 22.2. The number of rotatable bonds is 21. The fourth-order valence-corrected chi connectivity index (χ4v) is 8.43. The maximum Gasteiger partial charge on any atom is 0.394 e. The summed E-state index contributed by atoms with van der Waals surface area (Å²) < 4.78 is 31.6. The molecule has 0 atom stereocenters. The Hall–Kier alpha value is 0.260. The third-order valence-corrected chi connectivity index (χ3v) is 11.1. The maximum absolute atomic E-state index is 8.74. The summed E-state index contributed by atoms with van der Waals surface area (Å²) in [5.74, 6) is 0. The molecule has 0 aromatic heterocycles. The van der Waals surface area contributed by atoms with Crippen LogP contribution in [-0.4, -0.2) is 42.7 Å². The Bertz CT molecular complexity index is 412. The Labute approximate surface area is 202 Å². The largest absolute Gasteiger partial charge is 0.394 e. The predicted octanol–water partition coefficient (Wildman–Crippen LogP) is 8.96. The summed E-state index contributed by atoms with van der Waals surface area (Å²) >= 11 is 0. The van der Waals surface area contributed by atoms with Gasteiger partial charge in [0.1, 0.15) is 0 Å². The van der Waals surface area contributed by atoms with Gasteiger partial charge < -0.3 is 6.15 Å². The first-order valence-electron chi connectivity index (χ1n) is 13.4. The second kappa shape index (κ2) is 25.9. The van der Waals surface area contributed by atoms with Gasteiger partial charge in [0.15, 0.2) is 0 Å². The number of unbranched alkanes of at least 4 members (excludes halogenated alkanes) is 15. The van der Waals surface area contributed by atoms with E-state index in [4.69, 9.17) is 17.5 Å². The van der Waals surface area contributed by atoms with Crippen molar-refractivity contribution in [2.24, 2.45) is 0 Å². The molecule has 5 nitrogen and oxygen atoms in total. The minimum atomic E-state index is -4.67. The molecule has 0 aliphatic rings. The molecule has 0 rings (SSSR count). The van der Waals surface area contributed by atoms with Gasteiger partial charge in [0, 0.05) is 0 Å². The molecule has 7 heteroatoms. The van der Waals surface area contributed by atoms with Gasteiger partial charge in [0.05, 0.1) is 0 Å². The SMILES string of the molecule is CCCCCCCC[PH](C)(CCCCCCCC)CCCCCCCC.N.O=S(=O)(O)O. The van der Waals surface area contributed by atoms with E-state index >= 15 is 0 Å². The average molecular weight is 502 g/mol. The van der Waals surface area contributed by atoms with Gasteiger partial charge in [0.2, 0.25) is 0 Å². The maximum atomic E-state index is 8.74. The van der Waals surface area contributed by atoms with Crippen molar-refractivity contribution in [3.05, 3.63) is 0 Å². The van der Waals surface area contributed by atoms with Crippen LogP contribution in [0.15, 0.2) is 0 Å². The normalized spacial score (nSPS) is 12.1. The molecular weight excluding hydrogens is 441 g/mol. The van der Waals surface area contributed by atoms with Crippen LogP contribution in [0.5, 0.6) is 0 Å². The van der Waals surface area contributed by atoms with Gasteiger partial charge in [-0.2, -0.15) is 8.42 Å². The van der Waals surface area contributed by atoms with Gasteiger partial charge in [-0.3, -0.25) is 9.11 Å². The van der Waals surface area contributed by atoms with Gasteiger partial charge >= 0.3 is 179 Å². The molecule has 200 valence electrons. The summed E-state index contributed by atoms with van der Waals surface area (Å²) in [6, 6.07) is 0. The Morgan fingerprint density at radius 3 is 0.906 bits per heavy atom. The Balaban J connectivity index is -0.00000125. The molecule has 32 heavy (non-hydrogen) atoms. The van der Waals surface area contributed by atoms with Crippen molar-refractivity contribution in [1.82, 2.24) is 6.15 Å². The van der Waals surface area contributed by atoms with E-state index in [-0.39, 0.29) is 6.15 Å². The van der Waals surface area contributed by atoms with Gasteiger partial charge in [0.25, 0.3) is 0 Å². The summed E-state index contributed by atoms with van der Waals surface area (Å²) in [6.45, 7) is 9.73. The quantitative estimate of drug-likeness (QED) is 0.0825. The van der Waals surface area contributed by atoms with E-state index in [2.05, 4.69) is 27.4 Å². The van der Waals surface area contributed by atoms with Crippen LogP contribution < -0.4 is 6.15 Å². The molecule has 0 aliphatic heterocycles. The standard InChI is InChI=1S/C25H55P.H3N.H2O4S/c1-5-8-11-14-17-20-23-26(4,24-21-18-15-12-9-6-2)25-22-19-16-13-10-7-3;;1-5(2,3)4/h26H,5-25H2,1-4H3;1H3;(H2,1,2,3,4). The van der Waals surface area contributed by atoms with E-state index in [1.54, 1.807) is 18.5 Å². The molecule has 0 aliphatic carbocycles. The Morgan fingerprint density at radius 2 is 0.688 bits per heavy atom. The topological polar surface area (TPSA) is 110 Å². The first kappa shape index (κ1) is 36.8. The molecule has 0 saturated heterocycles. The van der Waals surface area contributed by atoms with Crippen LogP contribution in [0.4, 0.5) is 0 Å². The second-order valence-corrected chi connectivity index (χ2v) is 15.8. The zero-order chi connectivity index (χ0) is 23.8. The van der Waals surface area contributed by atoms with Crippen molar-refractivity contribution in [2.75, 3.05) is 25.2 Å². The molecule has 0 amide bonds. The van der Waals surface area contributed by atoms with E-state index in [9.17, 15) is 0 Å². The van der Waals surface area contributed by atoms with Crippen LogP contribution in [0.25, 0.3) is 0 Å². The van der Waals surface area contributed by atoms with Crippen molar-refractivity contribution < 1.29 is 17.5 Å². The fraction of sp³-hybridized carbons (Fsp3) is 1.00. The van der Waals surface area contributed by atoms with Crippen LogP contribution in [0.2, 0.25) is 0 Å². The fourth-order valence-electron chi connectivity index (χ4n) is 4.37.